The van der Waals surface area contributed by atoms with Crippen molar-refractivity contribution in [3.63, 3.8) is 0 Å². The van der Waals surface area contributed by atoms with Crippen LogP contribution in [0.25, 0.3) is 0 Å². The van der Waals surface area contributed by atoms with Crippen molar-refractivity contribution in [1.82, 2.24) is 0 Å². The Labute approximate surface area is 89.8 Å². The first-order valence-corrected chi connectivity index (χ1v) is 5.18. The van der Waals surface area contributed by atoms with Crippen LogP contribution in [0.3, 0.4) is 0 Å². The van der Waals surface area contributed by atoms with Gasteiger partial charge in [0.25, 0.3) is 0 Å². The Morgan fingerprint density at radius 2 is 2.00 bits per heavy atom. The van der Waals surface area contributed by atoms with Crippen LogP contribution in [0.1, 0.15) is 33.6 Å². The molecule has 0 unspecified atom stereocenters. The SMILES string of the molecule is CCCCOC(=O)C1=C(C=O)C(C)=C1C. The van der Waals surface area contributed by atoms with Crippen LogP contribution < -0.4 is 0 Å². The second-order valence-electron chi connectivity index (χ2n) is 3.65. The second kappa shape index (κ2) is 4.91. The van der Waals surface area contributed by atoms with Crippen LogP contribution in [-0.4, -0.2) is 18.9 Å². The Bertz CT molecular complexity index is 348. The first kappa shape index (κ1) is 11.7. The van der Waals surface area contributed by atoms with Crippen molar-refractivity contribution in [3.05, 3.63) is 22.3 Å². The monoisotopic (exact) mass is 208 g/mol. The van der Waals surface area contributed by atoms with Crippen LogP contribution >= 0.6 is 0 Å². The van der Waals surface area contributed by atoms with E-state index in [4.69, 9.17) is 4.74 Å². The summed E-state index contributed by atoms with van der Waals surface area (Å²) in [7, 11) is 0. The summed E-state index contributed by atoms with van der Waals surface area (Å²) < 4.78 is 5.05. The van der Waals surface area contributed by atoms with Gasteiger partial charge >= 0.3 is 5.97 Å². The fourth-order valence-corrected chi connectivity index (χ4v) is 1.51. The molecule has 0 bridgehead atoms. The third kappa shape index (κ3) is 2.17. The largest absolute Gasteiger partial charge is 0.462 e. The highest BCUT2D eigenvalue weighted by molar-refractivity contribution is 6.06. The molecule has 0 saturated carbocycles. The summed E-state index contributed by atoms with van der Waals surface area (Å²) in [6, 6.07) is 0. The normalized spacial score (nSPS) is 15.1. The molecule has 0 aliphatic heterocycles. The van der Waals surface area contributed by atoms with Gasteiger partial charge in [-0.05, 0) is 31.4 Å². The molecule has 0 radical (unpaired) electrons. The molecule has 1 aliphatic carbocycles. The minimum atomic E-state index is -0.367. The van der Waals surface area contributed by atoms with E-state index < -0.39 is 0 Å². The van der Waals surface area contributed by atoms with Crippen molar-refractivity contribution in [1.29, 1.82) is 0 Å². The van der Waals surface area contributed by atoms with E-state index in [0.717, 1.165) is 30.3 Å². The number of unbranched alkanes of at least 4 members (excludes halogenated alkanes) is 1. The maximum atomic E-state index is 11.6. The van der Waals surface area contributed by atoms with Crippen molar-refractivity contribution in [2.45, 2.75) is 33.6 Å². The molecule has 15 heavy (non-hydrogen) atoms. The van der Waals surface area contributed by atoms with E-state index in [-0.39, 0.29) is 5.97 Å². The quantitative estimate of drug-likeness (QED) is 0.395. The van der Waals surface area contributed by atoms with Gasteiger partial charge in [-0.1, -0.05) is 13.3 Å². The molecule has 0 saturated heterocycles. The molecule has 0 fully saturated rings. The van der Waals surface area contributed by atoms with E-state index in [9.17, 15) is 9.59 Å². The summed E-state index contributed by atoms with van der Waals surface area (Å²) >= 11 is 0. The summed E-state index contributed by atoms with van der Waals surface area (Å²) in [6.07, 6.45) is 2.57. The molecule has 1 rings (SSSR count). The number of rotatable bonds is 5. The number of hydrogen-bond acceptors (Lipinski definition) is 3. The van der Waals surface area contributed by atoms with Crippen LogP contribution in [-0.2, 0) is 14.3 Å². The smallest absolute Gasteiger partial charge is 0.339 e. The second-order valence-corrected chi connectivity index (χ2v) is 3.65. The Morgan fingerprint density at radius 1 is 1.33 bits per heavy atom. The third-order valence-electron chi connectivity index (χ3n) is 2.66. The van der Waals surface area contributed by atoms with Crippen LogP contribution in [0, 0.1) is 0 Å². The van der Waals surface area contributed by atoms with Gasteiger partial charge < -0.3 is 4.74 Å². The van der Waals surface area contributed by atoms with Crippen molar-refractivity contribution in [2.24, 2.45) is 0 Å². The topological polar surface area (TPSA) is 43.4 Å². The van der Waals surface area contributed by atoms with Crippen LogP contribution in [0.2, 0.25) is 0 Å². The van der Waals surface area contributed by atoms with Gasteiger partial charge in [0.05, 0.1) is 12.2 Å². The lowest BCUT2D eigenvalue weighted by molar-refractivity contribution is -0.139. The minimum Gasteiger partial charge on any atom is -0.462 e. The molecule has 0 aromatic rings. The molecular weight excluding hydrogens is 192 g/mol. The lowest BCUT2D eigenvalue weighted by Gasteiger charge is -2.22. The van der Waals surface area contributed by atoms with Crippen molar-refractivity contribution >= 4 is 12.3 Å². The number of aldehydes is 1. The Hall–Kier alpha value is -1.38. The fraction of sp³-hybridized carbons (Fsp3) is 0.500. The van der Waals surface area contributed by atoms with E-state index in [1.807, 2.05) is 20.8 Å². The van der Waals surface area contributed by atoms with Gasteiger partial charge in [0, 0.05) is 5.57 Å². The van der Waals surface area contributed by atoms with Crippen molar-refractivity contribution in [3.8, 4) is 0 Å². The predicted octanol–water partition coefficient (Wildman–Crippen LogP) is 2.18. The van der Waals surface area contributed by atoms with Gasteiger partial charge in [0.2, 0.25) is 0 Å². The molecule has 0 atom stereocenters. The summed E-state index contributed by atoms with van der Waals surface area (Å²) in [5.74, 6) is -0.367. The van der Waals surface area contributed by atoms with E-state index in [2.05, 4.69) is 0 Å². The predicted molar refractivity (Wildman–Crippen MR) is 57.3 cm³/mol. The summed E-state index contributed by atoms with van der Waals surface area (Å²) in [4.78, 5) is 22.2. The average Bonchev–Trinajstić information content (AvgIpc) is 2.24. The molecule has 3 heteroatoms. The lowest BCUT2D eigenvalue weighted by Crippen LogP contribution is -2.20. The highest BCUT2D eigenvalue weighted by Gasteiger charge is 2.28. The Morgan fingerprint density at radius 3 is 2.53 bits per heavy atom. The molecular formula is C12H16O3. The van der Waals surface area contributed by atoms with Gasteiger partial charge in [-0.2, -0.15) is 0 Å². The molecule has 1 aliphatic rings. The number of esters is 1. The number of ether oxygens (including phenoxy) is 1. The number of hydrogen-bond donors (Lipinski definition) is 0. The van der Waals surface area contributed by atoms with E-state index in [1.165, 1.54) is 0 Å². The fourth-order valence-electron chi connectivity index (χ4n) is 1.51. The molecule has 82 valence electrons. The maximum Gasteiger partial charge on any atom is 0.339 e. The Kier molecular flexibility index (Phi) is 3.83. The number of carbonyl (C=O) groups is 2. The molecule has 0 N–H and O–H groups in total. The highest BCUT2D eigenvalue weighted by atomic mass is 16.5. The first-order chi connectivity index (χ1) is 7.13. The molecule has 0 heterocycles. The Balaban J connectivity index is 2.61. The molecule has 0 spiro atoms. The number of carbonyl (C=O) groups excluding carboxylic acids is 2. The van der Waals surface area contributed by atoms with Crippen LogP contribution in [0.4, 0.5) is 0 Å². The van der Waals surface area contributed by atoms with Crippen molar-refractivity contribution in [2.75, 3.05) is 6.61 Å². The van der Waals surface area contributed by atoms with Gasteiger partial charge in [-0.15, -0.1) is 0 Å². The summed E-state index contributed by atoms with van der Waals surface area (Å²) in [5.41, 5.74) is 2.72. The first-order valence-electron chi connectivity index (χ1n) is 5.18. The highest BCUT2D eigenvalue weighted by Crippen LogP contribution is 2.34. The lowest BCUT2D eigenvalue weighted by atomic mass is 9.83. The summed E-state index contributed by atoms with van der Waals surface area (Å²) in [6.45, 7) is 6.13. The maximum absolute atomic E-state index is 11.6. The zero-order chi connectivity index (χ0) is 11.4. The average molecular weight is 208 g/mol. The van der Waals surface area contributed by atoms with Gasteiger partial charge in [0.1, 0.15) is 0 Å². The minimum absolute atomic E-state index is 0.367. The standard InChI is InChI=1S/C12H16O3/c1-4-5-6-15-12(14)11-9(3)8(2)10(11)7-13/h7H,4-6H2,1-3H3. The van der Waals surface area contributed by atoms with Gasteiger partial charge in [-0.3, -0.25) is 4.79 Å². The third-order valence-corrected chi connectivity index (χ3v) is 2.66. The van der Waals surface area contributed by atoms with E-state index >= 15 is 0 Å². The molecule has 0 aromatic carbocycles. The van der Waals surface area contributed by atoms with Crippen LogP contribution in [0.5, 0.6) is 0 Å². The molecule has 0 aromatic heterocycles. The van der Waals surface area contributed by atoms with E-state index in [0.29, 0.717) is 17.8 Å². The van der Waals surface area contributed by atoms with Crippen LogP contribution in [0.15, 0.2) is 22.3 Å². The van der Waals surface area contributed by atoms with Gasteiger partial charge in [-0.25, -0.2) is 4.79 Å². The zero-order valence-corrected chi connectivity index (χ0v) is 9.42. The number of allylic oxidation sites excluding steroid dienone is 2. The molecule has 0 amide bonds. The zero-order valence-electron chi connectivity index (χ0n) is 9.42. The summed E-state index contributed by atoms with van der Waals surface area (Å²) in [5, 5.41) is 0. The van der Waals surface area contributed by atoms with Crippen molar-refractivity contribution < 1.29 is 14.3 Å². The van der Waals surface area contributed by atoms with Gasteiger partial charge in [0.15, 0.2) is 6.29 Å². The molecule has 3 nitrogen and oxygen atoms in total. The van der Waals surface area contributed by atoms with E-state index in [1.54, 1.807) is 0 Å².